The number of rotatable bonds is 3. The molecule has 1 N–H and O–H groups in total. The number of carbonyl (C=O) groups is 1. The van der Waals surface area contributed by atoms with Crippen LogP contribution in [0.1, 0.15) is 11.7 Å². The fourth-order valence-electron chi connectivity index (χ4n) is 2.86. The second kappa shape index (κ2) is 5.94. The molecule has 9 heteroatoms. The Morgan fingerprint density at radius 3 is 2.58 bits per heavy atom. The average Bonchev–Trinajstić information content (AvgIpc) is 3.22. The summed E-state index contributed by atoms with van der Waals surface area (Å²) in [4.78, 5) is 15.4. The summed E-state index contributed by atoms with van der Waals surface area (Å²) in [5.41, 5.74) is 2.96. The molecule has 1 aliphatic rings. The molecular weight excluding hydrogens is 353 g/mol. The van der Waals surface area contributed by atoms with Crippen molar-refractivity contribution >= 4 is 17.2 Å². The third kappa shape index (κ3) is 3.03. The zero-order chi connectivity index (χ0) is 18.3. The van der Waals surface area contributed by atoms with Crippen molar-refractivity contribution in [3.63, 3.8) is 0 Å². The van der Waals surface area contributed by atoms with E-state index in [4.69, 9.17) is 9.15 Å². The molecule has 26 heavy (non-hydrogen) atoms. The minimum Gasteiger partial charge on any atom is -0.443 e. The predicted octanol–water partition coefficient (Wildman–Crippen LogP) is 4.17. The molecule has 0 bridgehead atoms. The number of aromatic nitrogens is 1. The zero-order valence-corrected chi connectivity index (χ0v) is 13.0. The molecule has 1 aromatic heterocycles. The number of ether oxygens (including phenoxy) is 2. The number of benzene rings is 2. The Labute approximate surface area is 144 Å². The molecule has 0 aliphatic carbocycles. The van der Waals surface area contributed by atoms with Gasteiger partial charge in [0.1, 0.15) is 17.4 Å². The molecule has 2 aromatic carbocycles. The topological polar surface area (TPSA) is 73.6 Å². The smallest absolute Gasteiger partial charge is 0.443 e. The van der Waals surface area contributed by atoms with E-state index < -0.39 is 18.6 Å². The summed E-state index contributed by atoms with van der Waals surface area (Å²) in [6.07, 6.45) is -4.47. The highest BCUT2D eigenvalue weighted by molar-refractivity contribution is 5.93. The Morgan fingerprint density at radius 2 is 1.92 bits per heavy atom. The van der Waals surface area contributed by atoms with Gasteiger partial charge in [0.15, 0.2) is 12.0 Å². The number of nitrogens with one attached hydrogen (secondary N) is 1. The van der Waals surface area contributed by atoms with Crippen molar-refractivity contribution in [2.75, 3.05) is 6.54 Å². The number of hydrogen-bond acceptors (Lipinski definition) is 5. The molecule has 1 atom stereocenters. The van der Waals surface area contributed by atoms with Gasteiger partial charge in [-0.1, -0.05) is 24.3 Å². The van der Waals surface area contributed by atoms with Crippen LogP contribution in [0.2, 0.25) is 0 Å². The number of fused-ring (bicyclic) bond motifs is 1. The minimum atomic E-state index is -4.74. The van der Waals surface area contributed by atoms with Crippen LogP contribution in [-0.2, 0) is 4.74 Å². The summed E-state index contributed by atoms with van der Waals surface area (Å²) >= 11 is 0. The van der Waals surface area contributed by atoms with Crippen LogP contribution in [0.25, 0.3) is 22.2 Å². The predicted molar refractivity (Wildman–Crippen MR) is 83.4 cm³/mol. The van der Waals surface area contributed by atoms with Crippen molar-refractivity contribution in [1.29, 1.82) is 0 Å². The maximum absolute atomic E-state index is 12.3. The third-order valence-electron chi connectivity index (χ3n) is 3.94. The lowest BCUT2D eigenvalue weighted by Gasteiger charge is -2.11. The zero-order valence-electron chi connectivity index (χ0n) is 13.0. The first-order chi connectivity index (χ1) is 12.4. The molecular formula is C17H11F3N2O4. The third-order valence-corrected chi connectivity index (χ3v) is 3.94. The van der Waals surface area contributed by atoms with Crippen molar-refractivity contribution < 1.29 is 31.9 Å². The molecule has 2 heterocycles. The van der Waals surface area contributed by atoms with Crippen LogP contribution in [0.15, 0.2) is 47.2 Å². The second-order valence-corrected chi connectivity index (χ2v) is 5.58. The van der Waals surface area contributed by atoms with E-state index in [2.05, 4.69) is 15.0 Å². The fourth-order valence-corrected chi connectivity index (χ4v) is 2.86. The first-order valence-electron chi connectivity index (χ1n) is 7.57. The SMILES string of the molecule is O=C1NCC(c2ccc(-c3ccc(OC(F)(F)F)cc3)c3ncoc23)O1. The largest absolute Gasteiger partial charge is 0.573 e. The summed E-state index contributed by atoms with van der Waals surface area (Å²) in [5, 5.41) is 2.57. The van der Waals surface area contributed by atoms with E-state index in [1.54, 1.807) is 12.1 Å². The monoisotopic (exact) mass is 364 g/mol. The van der Waals surface area contributed by atoms with Gasteiger partial charge in [-0.2, -0.15) is 0 Å². The van der Waals surface area contributed by atoms with Crippen molar-refractivity contribution in [3.05, 3.63) is 48.4 Å². The normalized spacial score (nSPS) is 17.2. The van der Waals surface area contributed by atoms with Gasteiger partial charge in [0.05, 0.1) is 6.54 Å². The van der Waals surface area contributed by atoms with E-state index in [9.17, 15) is 18.0 Å². The van der Waals surface area contributed by atoms with Gasteiger partial charge in [0.2, 0.25) is 0 Å². The first-order valence-corrected chi connectivity index (χ1v) is 7.57. The molecule has 6 nitrogen and oxygen atoms in total. The maximum Gasteiger partial charge on any atom is 0.573 e. The van der Waals surface area contributed by atoms with Gasteiger partial charge in [0, 0.05) is 11.1 Å². The number of oxazole rings is 1. The molecule has 0 spiro atoms. The molecule has 1 aliphatic heterocycles. The van der Waals surface area contributed by atoms with Gasteiger partial charge >= 0.3 is 12.5 Å². The Balaban J connectivity index is 1.69. The van der Waals surface area contributed by atoms with E-state index in [-0.39, 0.29) is 5.75 Å². The van der Waals surface area contributed by atoms with E-state index in [1.807, 2.05) is 0 Å². The van der Waals surface area contributed by atoms with Crippen LogP contribution in [-0.4, -0.2) is 24.0 Å². The van der Waals surface area contributed by atoms with Crippen LogP contribution in [0.5, 0.6) is 5.75 Å². The minimum absolute atomic E-state index is 0.307. The van der Waals surface area contributed by atoms with Gasteiger partial charge in [-0.3, -0.25) is 0 Å². The number of cyclic esters (lactones) is 1. The Kier molecular flexibility index (Phi) is 3.71. The summed E-state index contributed by atoms with van der Waals surface area (Å²) < 4.78 is 51.3. The molecule has 0 radical (unpaired) electrons. The highest BCUT2D eigenvalue weighted by atomic mass is 19.4. The van der Waals surface area contributed by atoms with Crippen molar-refractivity contribution in [2.45, 2.75) is 12.5 Å². The number of hydrogen-bond donors (Lipinski definition) is 1. The molecule has 1 fully saturated rings. The van der Waals surface area contributed by atoms with Crippen LogP contribution in [0.4, 0.5) is 18.0 Å². The molecule has 1 saturated heterocycles. The van der Waals surface area contributed by atoms with Gasteiger partial charge in [0.25, 0.3) is 0 Å². The highest BCUT2D eigenvalue weighted by Gasteiger charge is 2.31. The lowest BCUT2D eigenvalue weighted by Crippen LogP contribution is -2.16. The lowest BCUT2D eigenvalue weighted by molar-refractivity contribution is -0.274. The van der Waals surface area contributed by atoms with Gasteiger partial charge < -0.3 is 19.2 Å². The van der Waals surface area contributed by atoms with E-state index in [1.165, 1.54) is 30.7 Å². The van der Waals surface area contributed by atoms with Crippen molar-refractivity contribution in [2.24, 2.45) is 0 Å². The van der Waals surface area contributed by atoms with Gasteiger partial charge in [-0.15, -0.1) is 13.2 Å². The van der Waals surface area contributed by atoms with Crippen LogP contribution < -0.4 is 10.1 Å². The first kappa shape index (κ1) is 16.2. The molecule has 3 aromatic rings. The molecule has 1 amide bonds. The summed E-state index contributed by atoms with van der Waals surface area (Å²) in [6.45, 7) is 0.317. The fraction of sp³-hybridized carbons (Fsp3) is 0.176. The Bertz CT molecular complexity index is 966. The van der Waals surface area contributed by atoms with Crippen molar-refractivity contribution in [1.82, 2.24) is 10.3 Å². The van der Waals surface area contributed by atoms with Gasteiger partial charge in [-0.25, -0.2) is 9.78 Å². The average molecular weight is 364 g/mol. The number of alkyl carbamates (subject to hydrolysis) is 1. The molecule has 1 unspecified atom stereocenters. The van der Waals surface area contributed by atoms with E-state index in [0.717, 1.165) is 0 Å². The number of halogens is 3. The molecule has 4 rings (SSSR count). The quantitative estimate of drug-likeness (QED) is 0.755. The Morgan fingerprint density at radius 1 is 1.15 bits per heavy atom. The maximum atomic E-state index is 12.3. The van der Waals surface area contributed by atoms with Gasteiger partial charge in [-0.05, 0) is 17.7 Å². The number of nitrogens with zero attached hydrogens (tertiary/aromatic N) is 1. The Hall–Kier alpha value is -3.23. The second-order valence-electron chi connectivity index (χ2n) is 5.58. The lowest BCUT2D eigenvalue weighted by atomic mass is 9.99. The molecule has 134 valence electrons. The van der Waals surface area contributed by atoms with Crippen LogP contribution in [0, 0.1) is 0 Å². The standard InChI is InChI=1S/C17H11F3N2O4/c18-17(19,20)26-10-3-1-9(2-4-10)11-5-6-12(13-7-21-16(23)25-13)15-14(11)22-8-24-15/h1-6,8,13H,7H2,(H,21,23). The summed E-state index contributed by atoms with van der Waals surface area (Å²) in [7, 11) is 0. The number of alkyl halides is 3. The summed E-state index contributed by atoms with van der Waals surface area (Å²) in [5.74, 6) is -0.307. The van der Waals surface area contributed by atoms with Crippen LogP contribution in [0.3, 0.4) is 0 Å². The highest BCUT2D eigenvalue weighted by Crippen LogP contribution is 2.35. The van der Waals surface area contributed by atoms with Crippen LogP contribution >= 0.6 is 0 Å². The van der Waals surface area contributed by atoms with E-state index >= 15 is 0 Å². The molecule has 0 saturated carbocycles. The van der Waals surface area contributed by atoms with Crippen molar-refractivity contribution in [3.8, 4) is 16.9 Å². The van der Waals surface area contributed by atoms with E-state index in [0.29, 0.717) is 34.3 Å². The number of amides is 1. The number of carbonyl (C=O) groups excluding carboxylic acids is 1. The summed E-state index contributed by atoms with van der Waals surface area (Å²) in [6, 6.07) is 8.96.